The van der Waals surface area contributed by atoms with Gasteiger partial charge in [0.2, 0.25) is 5.91 Å². The molecule has 0 unspecified atom stereocenters. The van der Waals surface area contributed by atoms with E-state index in [2.05, 4.69) is 10.6 Å². The molecule has 0 radical (unpaired) electrons. The molecule has 1 aromatic rings. The third-order valence-corrected chi connectivity index (χ3v) is 6.39. The molecule has 0 aromatic heterocycles. The van der Waals surface area contributed by atoms with Crippen LogP contribution in [0.5, 0.6) is 0 Å². The highest BCUT2D eigenvalue weighted by Gasteiger charge is 2.19. The molecule has 2 N–H and O–H groups in total. The number of carbonyl (C=O) groups is 2. The maximum atomic E-state index is 12.5. The van der Waals surface area contributed by atoms with Gasteiger partial charge < -0.3 is 15.4 Å². The quantitative estimate of drug-likeness (QED) is 0.668. The van der Waals surface area contributed by atoms with E-state index in [1.165, 1.54) is 43.9 Å². The van der Waals surface area contributed by atoms with Gasteiger partial charge in [-0.2, -0.15) is 0 Å². The van der Waals surface area contributed by atoms with Crippen molar-refractivity contribution in [2.45, 2.75) is 55.9 Å². The highest BCUT2D eigenvalue weighted by atomic mass is 32.2. The zero-order valence-corrected chi connectivity index (χ0v) is 16.7. The van der Waals surface area contributed by atoms with E-state index in [1.54, 1.807) is 0 Å². The van der Waals surface area contributed by atoms with E-state index in [4.69, 9.17) is 4.74 Å². The van der Waals surface area contributed by atoms with Crippen LogP contribution in [-0.2, 0) is 9.53 Å². The minimum absolute atomic E-state index is 0.0418. The van der Waals surface area contributed by atoms with Crippen molar-refractivity contribution in [3.8, 4) is 0 Å². The largest absolute Gasteiger partial charge is 0.376 e. The summed E-state index contributed by atoms with van der Waals surface area (Å²) in [6, 6.07) is 7.47. The van der Waals surface area contributed by atoms with E-state index < -0.39 is 0 Å². The number of hydrogen-bond acceptors (Lipinski definition) is 4. The zero-order valence-electron chi connectivity index (χ0n) is 15.9. The van der Waals surface area contributed by atoms with Gasteiger partial charge in [-0.3, -0.25) is 9.59 Å². The van der Waals surface area contributed by atoms with Gasteiger partial charge in [-0.1, -0.05) is 31.4 Å². The Balaban J connectivity index is 1.44. The first kappa shape index (κ1) is 20.2. The molecule has 2 aliphatic rings. The van der Waals surface area contributed by atoms with Gasteiger partial charge in [0, 0.05) is 24.6 Å². The number of thioether (sulfide) groups is 1. The van der Waals surface area contributed by atoms with E-state index >= 15 is 0 Å². The summed E-state index contributed by atoms with van der Waals surface area (Å²) in [5.41, 5.74) is 0.626. The second-order valence-corrected chi connectivity index (χ2v) is 8.46. The number of rotatable bonds is 8. The standard InChI is InChI=1S/C21H30N2O3S/c24-20(22-13-16-7-2-1-3-8-16)15-27-19-11-5-4-10-18(19)21(25)23-14-17-9-6-12-26-17/h4-5,10-11,16-17H,1-3,6-9,12-15H2,(H,22,24)(H,23,25)/t17-/m0/s1. The lowest BCUT2D eigenvalue weighted by Gasteiger charge is -2.21. The second kappa shape index (κ2) is 10.7. The van der Waals surface area contributed by atoms with Crippen LogP contribution in [0.3, 0.4) is 0 Å². The summed E-state index contributed by atoms with van der Waals surface area (Å²) in [7, 11) is 0. The summed E-state index contributed by atoms with van der Waals surface area (Å²) >= 11 is 1.42. The fourth-order valence-electron chi connectivity index (χ4n) is 3.73. The third-order valence-electron chi connectivity index (χ3n) is 5.32. The molecule has 27 heavy (non-hydrogen) atoms. The SMILES string of the molecule is O=C(CSc1ccccc1C(=O)NC[C@@H]1CCCO1)NCC1CCCCC1. The summed E-state index contributed by atoms with van der Waals surface area (Å²) in [4.78, 5) is 25.6. The van der Waals surface area contributed by atoms with Crippen LogP contribution in [0.1, 0.15) is 55.3 Å². The summed E-state index contributed by atoms with van der Waals surface area (Å²) in [5, 5.41) is 6.02. The Morgan fingerprint density at radius 3 is 2.59 bits per heavy atom. The van der Waals surface area contributed by atoms with Gasteiger partial charge in [-0.15, -0.1) is 11.8 Å². The van der Waals surface area contributed by atoms with Gasteiger partial charge in [0.1, 0.15) is 0 Å². The van der Waals surface area contributed by atoms with Gasteiger partial charge >= 0.3 is 0 Å². The van der Waals surface area contributed by atoms with E-state index in [1.807, 2.05) is 24.3 Å². The molecule has 6 heteroatoms. The van der Waals surface area contributed by atoms with Crippen molar-refractivity contribution in [1.29, 1.82) is 0 Å². The molecule has 1 saturated heterocycles. The molecule has 0 bridgehead atoms. The average molecular weight is 391 g/mol. The number of ether oxygens (including phenoxy) is 1. The molecule has 148 valence electrons. The topological polar surface area (TPSA) is 67.4 Å². The van der Waals surface area contributed by atoms with Gasteiger partial charge in [0.15, 0.2) is 0 Å². The normalized spacial score (nSPS) is 20.4. The Morgan fingerprint density at radius 1 is 1.00 bits per heavy atom. The predicted molar refractivity (Wildman–Crippen MR) is 108 cm³/mol. The number of hydrogen-bond donors (Lipinski definition) is 2. The highest BCUT2D eigenvalue weighted by molar-refractivity contribution is 8.00. The molecule has 1 aromatic carbocycles. The maximum Gasteiger partial charge on any atom is 0.252 e. The fraction of sp³-hybridized carbons (Fsp3) is 0.619. The van der Waals surface area contributed by atoms with Crippen LogP contribution in [0.15, 0.2) is 29.2 Å². The Kier molecular flexibility index (Phi) is 8.02. The van der Waals surface area contributed by atoms with Crippen LogP contribution in [0, 0.1) is 5.92 Å². The first-order valence-corrected chi connectivity index (χ1v) is 11.1. The summed E-state index contributed by atoms with van der Waals surface area (Å²) < 4.78 is 5.55. The molecule has 2 amide bonds. The van der Waals surface area contributed by atoms with E-state index in [-0.39, 0.29) is 17.9 Å². The Morgan fingerprint density at radius 2 is 1.81 bits per heavy atom. The first-order valence-electron chi connectivity index (χ1n) is 10.1. The van der Waals surface area contributed by atoms with Gasteiger partial charge in [-0.25, -0.2) is 0 Å². The summed E-state index contributed by atoms with van der Waals surface area (Å²) in [6.45, 7) is 2.10. The number of amides is 2. The monoisotopic (exact) mass is 390 g/mol. The van der Waals surface area contributed by atoms with Crippen molar-refractivity contribution in [3.63, 3.8) is 0 Å². The lowest BCUT2D eigenvalue weighted by Crippen LogP contribution is -2.32. The molecular formula is C21H30N2O3S. The van der Waals surface area contributed by atoms with Gasteiger partial charge in [-0.05, 0) is 43.7 Å². The lowest BCUT2D eigenvalue weighted by molar-refractivity contribution is -0.118. The Labute approximate surface area is 166 Å². The summed E-state index contributed by atoms with van der Waals surface area (Å²) in [6.07, 6.45) is 8.52. The molecular weight excluding hydrogens is 360 g/mol. The van der Waals surface area contributed by atoms with Crippen LogP contribution in [0.4, 0.5) is 0 Å². The van der Waals surface area contributed by atoms with E-state index in [0.29, 0.717) is 23.8 Å². The van der Waals surface area contributed by atoms with Gasteiger partial charge in [0.05, 0.1) is 17.4 Å². The molecule has 1 saturated carbocycles. The van der Waals surface area contributed by atoms with E-state index in [9.17, 15) is 9.59 Å². The number of carbonyl (C=O) groups excluding carboxylic acids is 2. The fourth-order valence-corrected chi connectivity index (χ4v) is 4.61. The van der Waals surface area contributed by atoms with E-state index in [0.717, 1.165) is 30.9 Å². The Bertz CT molecular complexity index is 626. The molecule has 1 aliphatic heterocycles. The first-order chi connectivity index (χ1) is 13.2. The van der Waals surface area contributed by atoms with Crippen molar-refractivity contribution >= 4 is 23.6 Å². The molecule has 1 atom stereocenters. The highest BCUT2D eigenvalue weighted by Crippen LogP contribution is 2.24. The smallest absolute Gasteiger partial charge is 0.252 e. The van der Waals surface area contributed by atoms with Crippen LogP contribution >= 0.6 is 11.8 Å². The zero-order chi connectivity index (χ0) is 18.9. The van der Waals surface area contributed by atoms with Gasteiger partial charge in [0.25, 0.3) is 5.91 Å². The molecule has 1 aliphatic carbocycles. The molecule has 1 heterocycles. The minimum atomic E-state index is -0.101. The molecule has 0 spiro atoms. The number of nitrogens with one attached hydrogen (secondary N) is 2. The lowest BCUT2D eigenvalue weighted by atomic mass is 9.89. The van der Waals surface area contributed by atoms with Crippen molar-refractivity contribution in [2.24, 2.45) is 5.92 Å². The average Bonchev–Trinajstić information content (AvgIpc) is 3.23. The Hall–Kier alpha value is -1.53. The maximum absolute atomic E-state index is 12.5. The second-order valence-electron chi connectivity index (χ2n) is 7.44. The van der Waals surface area contributed by atoms with Crippen molar-refractivity contribution < 1.29 is 14.3 Å². The minimum Gasteiger partial charge on any atom is -0.376 e. The van der Waals surface area contributed by atoms with Crippen molar-refractivity contribution in [3.05, 3.63) is 29.8 Å². The van der Waals surface area contributed by atoms with Crippen LogP contribution in [0.25, 0.3) is 0 Å². The summed E-state index contributed by atoms with van der Waals surface area (Å²) in [5.74, 6) is 0.905. The van der Waals surface area contributed by atoms with Crippen LogP contribution in [0.2, 0.25) is 0 Å². The van der Waals surface area contributed by atoms with Crippen molar-refractivity contribution in [1.82, 2.24) is 10.6 Å². The molecule has 5 nitrogen and oxygen atoms in total. The molecule has 2 fully saturated rings. The third kappa shape index (κ3) is 6.54. The van der Waals surface area contributed by atoms with Crippen LogP contribution in [-0.4, -0.2) is 43.4 Å². The molecule has 3 rings (SSSR count). The predicted octanol–water partition coefficient (Wildman–Crippen LogP) is 3.38. The van der Waals surface area contributed by atoms with Crippen molar-refractivity contribution in [2.75, 3.05) is 25.4 Å². The van der Waals surface area contributed by atoms with Crippen LogP contribution < -0.4 is 10.6 Å². The number of benzene rings is 1.